The van der Waals surface area contributed by atoms with E-state index < -0.39 is 24.2 Å². The van der Waals surface area contributed by atoms with Crippen molar-refractivity contribution in [2.45, 2.75) is 32.6 Å². The van der Waals surface area contributed by atoms with Crippen LogP contribution in [0.15, 0.2) is 30.3 Å². The number of benzene rings is 1. The van der Waals surface area contributed by atoms with Crippen LogP contribution in [0.1, 0.15) is 19.4 Å². The second-order valence-electron chi connectivity index (χ2n) is 5.17. The van der Waals surface area contributed by atoms with Crippen LogP contribution in [0.5, 0.6) is 0 Å². The highest BCUT2D eigenvalue weighted by atomic mass is 16.6. The number of carbonyl (C=O) groups excluding carboxylic acids is 1. The molecule has 0 unspecified atom stereocenters. The first-order chi connectivity index (χ1) is 9.84. The van der Waals surface area contributed by atoms with Crippen molar-refractivity contribution in [2.75, 3.05) is 7.05 Å². The Morgan fingerprint density at radius 2 is 1.81 bits per heavy atom. The smallest absolute Gasteiger partial charge is 0.410 e. The third kappa shape index (κ3) is 4.75. The van der Waals surface area contributed by atoms with E-state index in [9.17, 15) is 14.7 Å². The van der Waals surface area contributed by atoms with Gasteiger partial charge in [0.2, 0.25) is 0 Å². The molecule has 0 radical (unpaired) electrons. The molecule has 0 aliphatic rings. The van der Waals surface area contributed by atoms with Crippen molar-refractivity contribution in [3.05, 3.63) is 35.9 Å². The van der Waals surface area contributed by atoms with E-state index in [1.165, 1.54) is 7.05 Å². The fourth-order valence-electron chi connectivity index (χ4n) is 2.11. The molecule has 0 aliphatic heterocycles. The number of hydrogen-bond donors (Lipinski definition) is 2. The minimum absolute atomic E-state index is 0.0952. The molecule has 1 aromatic carbocycles. The third-order valence-electron chi connectivity index (χ3n) is 3.20. The van der Waals surface area contributed by atoms with Gasteiger partial charge in [0.25, 0.3) is 0 Å². The van der Waals surface area contributed by atoms with E-state index in [2.05, 4.69) is 0 Å². The monoisotopic (exact) mass is 295 g/mol. The summed E-state index contributed by atoms with van der Waals surface area (Å²) in [5, 5.41) is 18.6. The van der Waals surface area contributed by atoms with E-state index in [1.807, 2.05) is 30.3 Å². The van der Waals surface area contributed by atoms with Crippen LogP contribution in [0.25, 0.3) is 0 Å². The Morgan fingerprint density at radius 1 is 1.24 bits per heavy atom. The fourth-order valence-corrected chi connectivity index (χ4v) is 2.11. The van der Waals surface area contributed by atoms with E-state index in [0.29, 0.717) is 0 Å². The standard InChI is InChI=1S/C15H21NO5/c1-10(2)12(13(17)14(18)19)16(3)15(20)21-9-11-7-5-4-6-8-11/h4-8,10,12-13,17H,9H2,1-3H3,(H,18,19)/t12-,13-/m0/s1. The van der Waals surface area contributed by atoms with E-state index >= 15 is 0 Å². The lowest BCUT2D eigenvalue weighted by atomic mass is 9.97. The number of carboxylic acids is 1. The molecule has 21 heavy (non-hydrogen) atoms. The van der Waals surface area contributed by atoms with Crippen LogP contribution >= 0.6 is 0 Å². The Bertz CT molecular complexity index is 474. The number of nitrogens with zero attached hydrogens (tertiary/aromatic N) is 1. The Kier molecular flexibility index (Phi) is 6.17. The maximum absolute atomic E-state index is 12.0. The molecule has 0 saturated heterocycles. The zero-order valence-corrected chi connectivity index (χ0v) is 12.4. The number of amides is 1. The van der Waals surface area contributed by atoms with Crippen molar-refractivity contribution in [2.24, 2.45) is 5.92 Å². The second kappa shape index (κ2) is 7.64. The van der Waals surface area contributed by atoms with Gasteiger partial charge in [0.05, 0.1) is 6.04 Å². The zero-order chi connectivity index (χ0) is 16.0. The average Bonchev–Trinajstić information content (AvgIpc) is 2.45. The number of likely N-dealkylation sites (N-methyl/N-ethyl adjacent to an activating group) is 1. The summed E-state index contributed by atoms with van der Waals surface area (Å²) < 4.78 is 5.13. The van der Waals surface area contributed by atoms with Gasteiger partial charge in [0, 0.05) is 7.05 Å². The van der Waals surface area contributed by atoms with Gasteiger partial charge in [-0.05, 0) is 11.5 Å². The normalized spacial score (nSPS) is 13.6. The van der Waals surface area contributed by atoms with Gasteiger partial charge in [0.1, 0.15) is 6.61 Å². The lowest BCUT2D eigenvalue weighted by Gasteiger charge is -2.32. The Labute approximate surface area is 124 Å². The van der Waals surface area contributed by atoms with Crippen molar-refractivity contribution < 1.29 is 24.5 Å². The second-order valence-corrected chi connectivity index (χ2v) is 5.17. The zero-order valence-electron chi connectivity index (χ0n) is 12.4. The van der Waals surface area contributed by atoms with Crippen molar-refractivity contribution in [3.63, 3.8) is 0 Å². The number of hydrogen-bond acceptors (Lipinski definition) is 4. The highest BCUT2D eigenvalue weighted by Crippen LogP contribution is 2.15. The molecule has 6 nitrogen and oxygen atoms in total. The van der Waals surface area contributed by atoms with Gasteiger partial charge in [-0.3, -0.25) is 0 Å². The molecule has 0 fully saturated rings. The minimum atomic E-state index is -1.65. The van der Waals surface area contributed by atoms with Gasteiger partial charge in [-0.25, -0.2) is 9.59 Å². The molecule has 0 heterocycles. The molecule has 0 saturated carbocycles. The predicted molar refractivity (Wildman–Crippen MR) is 76.7 cm³/mol. The highest BCUT2D eigenvalue weighted by molar-refractivity contribution is 5.75. The van der Waals surface area contributed by atoms with Gasteiger partial charge < -0.3 is 19.8 Å². The largest absolute Gasteiger partial charge is 0.479 e. The van der Waals surface area contributed by atoms with Crippen LogP contribution in [-0.2, 0) is 16.1 Å². The summed E-state index contributed by atoms with van der Waals surface area (Å²) in [6.07, 6.45) is -2.32. The number of aliphatic hydroxyl groups is 1. The molecule has 0 spiro atoms. The minimum Gasteiger partial charge on any atom is -0.479 e. The highest BCUT2D eigenvalue weighted by Gasteiger charge is 2.34. The summed E-state index contributed by atoms with van der Waals surface area (Å²) in [5.74, 6) is -1.60. The van der Waals surface area contributed by atoms with E-state index in [0.717, 1.165) is 10.5 Å². The average molecular weight is 295 g/mol. The molecular formula is C15H21NO5. The molecule has 0 aromatic heterocycles. The maximum Gasteiger partial charge on any atom is 0.410 e. The summed E-state index contributed by atoms with van der Waals surface area (Å²) in [7, 11) is 1.42. The maximum atomic E-state index is 12.0. The molecule has 0 aliphatic carbocycles. The van der Waals surface area contributed by atoms with Crippen LogP contribution in [-0.4, -0.2) is 46.4 Å². The van der Waals surface area contributed by atoms with Gasteiger partial charge in [-0.15, -0.1) is 0 Å². The summed E-state index contributed by atoms with van der Waals surface area (Å²) in [4.78, 5) is 24.0. The SMILES string of the molecule is CC(C)[C@@H]([C@H](O)C(=O)O)N(C)C(=O)OCc1ccccc1. The molecule has 6 heteroatoms. The quantitative estimate of drug-likeness (QED) is 0.834. The van der Waals surface area contributed by atoms with E-state index in [4.69, 9.17) is 9.84 Å². The summed E-state index contributed by atoms with van der Waals surface area (Å²) in [5.41, 5.74) is 0.833. The van der Waals surface area contributed by atoms with Gasteiger partial charge >= 0.3 is 12.1 Å². The molecule has 0 bridgehead atoms. The lowest BCUT2D eigenvalue weighted by molar-refractivity contribution is -0.150. The van der Waals surface area contributed by atoms with Crippen LogP contribution in [0.3, 0.4) is 0 Å². The number of aliphatic hydroxyl groups excluding tert-OH is 1. The van der Waals surface area contributed by atoms with E-state index in [-0.39, 0.29) is 12.5 Å². The molecule has 1 rings (SSSR count). The molecule has 116 valence electrons. The van der Waals surface area contributed by atoms with Gasteiger partial charge in [0.15, 0.2) is 6.10 Å². The number of rotatable bonds is 6. The Balaban J connectivity index is 2.68. The fraction of sp³-hybridized carbons (Fsp3) is 0.467. The number of ether oxygens (including phenoxy) is 1. The molecule has 2 N–H and O–H groups in total. The Hall–Kier alpha value is -2.08. The predicted octanol–water partition coefficient (Wildman–Crippen LogP) is 1.73. The lowest BCUT2D eigenvalue weighted by Crippen LogP contribution is -2.51. The summed E-state index contributed by atoms with van der Waals surface area (Å²) in [6.45, 7) is 3.56. The topological polar surface area (TPSA) is 87.1 Å². The van der Waals surface area contributed by atoms with E-state index in [1.54, 1.807) is 13.8 Å². The molecular weight excluding hydrogens is 274 g/mol. The summed E-state index contributed by atoms with van der Waals surface area (Å²) >= 11 is 0. The number of carboxylic acid groups (broad SMARTS) is 1. The van der Waals surface area contributed by atoms with Crippen molar-refractivity contribution in [1.82, 2.24) is 4.90 Å². The molecule has 1 amide bonds. The molecule has 2 atom stereocenters. The van der Waals surface area contributed by atoms with Crippen molar-refractivity contribution >= 4 is 12.1 Å². The first-order valence-corrected chi connectivity index (χ1v) is 6.69. The number of aliphatic carboxylic acids is 1. The van der Waals surface area contributed by atoms with Crippen molar-refractivity contribution in [1.29, 1.82) is 0 Å². The Morgan fingerprint density at radius 3 is 2.29 bits per heavy atom. The first-order valence-electron chi connectivity index (χ1n) is 6.69. The third-order valence-corrected chi connectivity index (χ3v) is 3.20. The van der Waals surface area contributed by atoms with Crippen LogP contribution in [0.2, 0.25) is 0 Å². The first kappa shape index (κ1) is 17.0. The van der Waals surface area contributed by atoms with Crippen LogP contribution in [0, 0.1) is 5.92 Å². The summed E-state index contributed by atoms with van der Waals surface area (Å²) in [6, 6.07) is 8.30. The van der Waals surface area contributed by atoms with Crippen LogP contribution < -0.4 is 0 Å². The molecule has 1 aromatic rings. The van der Waals surface area contributed by atoms with Gasteiger partial charge in [-0.1, -0.05) is 44.2 Å². The van der Waals surface area contributed by atoms with Crippen LogP contribution in [0.4, 0.5) is 4.79 Å². The number of carbonyl (C=O) groups is 2. The van der Waals surface area contributed by atoms with Gasteiger partial charge in [-0.2, -0.15) is 0 Å². The van der Waals surface area contributed by atoms with Crippen molar-refractivity contribution in [3.8, 4) is 0 Å².